The molecule has 3 heteroatoms. The van der Waals surface area contributed by atoms with Gasteiger partial charge in [-0.2, -0.15) is 5.26 Å². The molecule has 0 unspecified atom stereocenters. The summed E-state index contributed by atoms with van der Waals surface area (Å²) in [7, 11) is 0. The number of nitriles is 1. The Morgan fingerprint density at radius 2 is 1.38 bits per heavy atom. The van der Waals surface area contributed by atoms with Gasteiger partial charge in [-0.3, -0.25) is 0 Å². The molecule has 0 heterocycles. The highest BCUT2D eigenvalue weighted by Gasteiger charge is 2.30. The molecule has 26 heavy (non-hydrogen) atoms. The molecule has 2 saturated carbocycles. The van der Waals surface area contributed by atoms with Crippen molar-refractivity contribution in [2.45, 2.75) is 77.6 Å². The van der Waals surface area contributed by atoms with Crippen LogP contribution in [0.25, 0.3) is 0 Å². The van der Waals surface area contributed by atoms with Crippen molar-refractivity contribution in [1.29, 1.82) is 5.26 Å². The van der Waals surface area contributed by atoms with Crippen molar-refractivity contribution in [3.05, 3.63) is 34.9 Å². The first-order chi connectivity index (χ1) is 12.6. The fourth-order valence-corrected chi connectivity index (χ4v) is 5.26. The average molecular weight is 360 g/mol. The second kappa shape index (κ2) is 8.98. The minimum absolute atomic E-state index is 0.466. The van der Waals surface area contributed by atoms with Crippen LogP contribution in [-0.2, 0) is 6.42 Å². The van der Waals surface area contributed by atoms with Crippen LogP contribution in [0.3, 0.4) is 0 Å². The summed E-state index contributed by atoms with van der Waals surface area (Å²) in [4.78, 5) is 0. The molecule has 0 atom stereocenters. The molecule has 0 bridgehead atoms. The number of nitrogens with zero attached hydrogens (tertiary/aromatic N) is 1. The molecule has 0 amide bonds. The molecule has 0 spiro atoms. The number of rotatable bonds is 5. The van der Waals surface area contributed by atoms with Gasteiger partial charge >= 0.3 is 0 Å². The molecule has 0 N–H and O–H groups in total. The zero-order valence-corrected chi connectivity index (χ0v) is 15.9. The molecule has 1 nitrogen and oxygen atoms in total. The molecule has 142 valence electrons. The lowest BCUT2D eigenvalue weighted by Gasteiger charge is -2.37. The van der Waals surface area contributed by atoms with E-state index in [-0.39, 0.29) is 0 Å². The van der Waals surface area contributed by atoms with Crippen molar-refractivity contribution >= 4 is 0 Å². The Hall–Kier alpha value is -1.43. The third-order valence-corrected chi connectivity index (χ3v) is 7.08. The molecule has 3 rings (SSSR count). The lowest BCUT2D eigenvalue weighted by atomic mass is 9.68. The topological polar surface area (TPSA) is 23.8 Å². The van der Waals surface area contributed by atoms with Crippen LogP contribution in [-0.4, -0.2) is 0 Å². The van der Waals surface area contributed by atoms with E-state index in [1.165, 1.54) is 69.9 Å². The van der Waals surface area contributed by atoms with Gasteiger partial charge in [0.1, 0.15) is 23.3 Å². The second-order valence-corrected chi connectivity index (χ2v) is 8.55. The highest BCUT2D eigenvalue weighted by atomic mass is 19.1. The Morgan fingerprint density at radius 3 is 1.85 bits per heavy atom. The minimum atomic E-state index is -0.728. The number of hydrogen-bond acceptors (Lipinski definition) is 1. The summed E-state index contributed by atoms with van der Waals surface area (Å²) in [6.45, 7) is 2.32. The van der Waals surface area contributed by atoms with Gasteiger partial charge in [-0.15, -0.1) is 0 Å². The van der Waals surface area contributed by atoms with Crippen LogP contribution >= 0.6 is 0 Å². The van der Waals surface area contributed by atoms with Crippen LogP contribution in [0.5, 0.6) is 0 Å². The van der Waals surface area contributed by atoms with Crippen molar-refractivity contribution in [3.63, 3.8) is 0 Å². The van der Waals surface area contributed by atoms with Gasteiger partial charge < -0.3 is 0 Å². The van der Waals surface area contributed by atoms with E-state index in [4.69, 9.17) is 5.26 Å². The molecule has 2 aliphatic rings. The number of hydrogen-bond donors (Lipinski definition) is 0. The zero-order valence-electron chi connectivity index (χ0n) is 15.9. The third kappa shape index (κ3) is 4.64. The van der Waals surface area contributed by atoms with Crippen LogP contribution < -0.4 is 0 Å². The maximum absolute atomic E-state index is 13.7. The third-order valence-electron chi connectivity index (χ3n) is 7.08. The smallest absolute Gasteiger partial charge is 0.144 e. The number of aryl methyl sites for hydroxylation is 1. The fourth-order valence-electron chi connectivity index (χ4n) is 5.26. The van der Waals surface area contributed by atoms with Gasteiger partial charge in [0.2, 0.25) is 0 Å². The van der Waals surface area contributed by atoms with E-state index < -0.39 is 17.2 Å². The summed E-state index contributed by atoms with van der Waals surface area (Å²) in [5.74, 6) is 2.05. The predicted octanol–water partition coefficient (Wildman–Crippen LogP) is 6.79. The molecule has 0 saturated heterocycles. The molecule has 0 aliphatic heterocycles. The first-order valence-electron chi connectivity index (χ1n) is 10.5. The van der Waals surface area contributed by atoms with Crippen molar-refractivity contribution in [2.75, 3.05) is 0 Å². The highest BCUT2D eigenvalue weighted by Crippen LogP contribution is 2.42. The molecule has 0 radical (unpaired) electrons. The molecule has 2 aliphatic carbocycles. The van der Waals surface area contributed by atoms with Crippen LogP contribution in [0, 0.1) is 46.6 Å². The van der Waals surface area contributed by atoms with Crippen LogP contribution in [0.1, 0.15) is 82.3 Å². The van der Waals surface area contributed by atoms with Crippen molar-refractivity contribution in [3.8, 4) is 6.07 Å². The Labute approximate surface area is 156 Å². The van der Waals surface area contributed by atoms with E-state index in [1.807, 2.05) is 0 Å². The monoisotopic (exact) mass is 359 g/mol. The van der Waals surface area contributed by atoms with Gasteiger partial charge in [0, 0.05) is 0 Å². The summed E-state index contributed by atoms with van der Waals surface area (Å²) in [5.41, 5.74) is 0.214. The lowest BCUT2D eigenvalue weighted by Crippen LogP contribution is -2.25. The Morgan fingerprint density at radius 1 is 0.885 bits per heavy atom. The van der Waals surface area contributed by atoms with Crippen molar-refractivity contribution < 1.29 is 8.78 Å². The van der Waals surface area contributed by atoms with E-state index in [9.17, 15) is 8.78 Å². The number of halogens is 2. The van der Waals surface area contributed by atoms with Gasteiger partial charge in [-0.25, -0.2) is 8.78 Å². The molecule has 0 aromatic heterocycles. The van der Waals surface area contributed by atoms with Crippen LogP contribution in [0.15, 0.2) is 12.1 Å². The standard InChI is InChI=1S/C23H31F2N/c1-2-16-5-9-19(10-6-16)20-11-7-17(8-12-20)3-4-18-13-22(24)21(15-26)23(25)14-18/h13-14,16-17,19-20H,2-12H2,1H3/t16-,17-,19-,20-. The largest absolute Gasteiger partial charge is 0.205 e. The summed E-state index contributed by atoms with van der Waals surface area (Å²) in [5, 5.41) is 8.75. The zero-order chi connectivity index (χ0) is 18.5. The van der Waals surface area contributed by atoms with E-state index in [1.54, 1.807) is 6.07 Å². The van der Waals surface area contributed by atoms with Crippen molar-refractivity contribution in [1.82, 2.24) is 0 Å². The Kier molecular flexibility index (Phi) is 6.68. The first-order valence-corrected chi connectivity index (χ1v) is 10.5. The quantitative estimate of drug-likeness (QED) is 0.567. The average Bonchev–Trinajstić information content (AvgIpc) is 2.67. The predicted molar refractivity (Wildman–Crippen MR) is 101 cm³/mol. The van der Waals surface area contributed by atoms with E-state index >= 15 is 0 Å². The van der Waals surface area contributed by atoms with Gasteiger partial charge in [0.25, 0.3) is 0 Å². The minimum Gasteiger partial charge on any atom is -0.205 e. The van der Waals surface area contributed by atoms with Crippen LogP contribution in [0.2, 0.25) is 0 Å². The molecule has 1 aromatic rings. The summed E-state index contributed by atoms with van der Waals surface area (Å²) in [6.07, 6.45) is 14.0. The second-order valence-electron chi connectivity index (χ2n) is 8.55. The maximum atomic E-state index is 13.7. The van der Waals surface area contributed by atoms with Gasteiger partial charge in [-0.05, 0) is 79.9 Å². The molecule has 1 aromatic carbocycles. The van der Waals surface area contributed by atoms with Gasteiger partial charge in [0.15, 0.2) is 0 Å². The van der Waals surface area contributed by atoms with Crippen LogP contribution in [0.4, 0.5) is 8.78 Å². The molecular weight excluding hydrogens is 328 g/mol. The maximum Gasteiger partial charge on any atom is 0.144 e. The lowest BCUT2D eigenvalue weighted by molar-refractivity contribution is 0.142. The SMILES string of the molecule is CC[C@H]1CC[C@H]([C@H]2CC[C@H](CCc3cc(F)c(C#N)c(F)c3)CC2)CC1. The summed E-state index contributed by atoms with van der Waals surface area (Å²) >= 11 is 0. The van der Waals surface area contributed by atoms with E-state index in [0.717, 1.165) is 24.2 Å². The molecular formula is C23H31F2N. The highest BCUT2D eigenvalue weighted by molar-refractivity contribution is 5.35. The number of benzene rings is 1. The van der Waals surface area contributed by atoms with Crippen molar-refractivity contribution in [2.24, 2.45) is 23.7 Å². The summed E-state index contributed by atoms with van der Waals surface area (Å²) in [6, 6.07) is 4.25. The van der Waals surface area contributed by atoms with E-state index in [2.05, 4.69) is 6.92 Å². The molecule has 2 fully saturated rings. The normalized spacial score (nSPS) is 29.3. The first kappa shape index (κ1) is 19.3. The van der Waals surface area contributed by atoms with Gasteiger partial charge in [-0.1, -0.05) is 39.0 Å². The Balaban J connectivity index is 1.44. The van der Waals surface area contributed by atoms with E-state index in [0.29, 0.717) is 17.9 Å². The summed E-state index contributed by atoms with van der Waals surface area (Å²) < 4.78 is 27.4. The fraction of sp³-hybridized carbons (Fsp3) is 0.696. The van der Waals surface area contributed by atoms with Gasteiger partial charge in [0.05, 0.1) is 0 Å². The Bertz CT molecular complexity index is 609.